The molecule has 6 heteroatoms. The number of urea groups is 1. The summed E-state index contributed by atoms with van der Waals surface area (Å²) in [5.74, 6) is 0. The third-order valence-electron chi connectivity index (χ3n) is 2.63. The van der Waals surface area contributed by atoms with Crippen LogP contribution in [0.15, 0.2) is 36.0 Å². The number of aromatic nitrogens is 1. The Morgan fingerprint density at radius 3 is 2.53 bits per heavy atom. The molecule has 1 heterocycles. The molecule has 0 fully saturated rings. The number of benzene rings is 1. The van der Waals surface area contributed by atoms with Crippen LogP contribution in [0.25, 0.3) is 0 Å². The van der Waals surface area contributed by atoms with E-state index in [0.29, 0.717) is 0 Å². The number of hydrogen-bond donors (Lipinski definition) is 3. The summed E-state index contributed by atoms with van der Waals surface area (Å²) in [5.41, 5.74) is 3.59. The standard InChI is InChI=1S/C13H16N4OS/c1-9(12-7-15-8-19-12)16-10-3-5-11(6-4-10)17-13(18)14-2/h3-9,16H,1-2H3,(H2,14,17,18). The second-order valence-corrected chi connectivity index (χ2v) is 4.97. The topological polar surface area (TPSA) is 66.1 Å². The molecule has 0 aliphatic carbocycles. The predicted octanol–water partition coefficient (Wildman–Crippen LogP) is 3.07. The van der Waals surface area contributed by atoms with E-state index in [4.69, 9.17) is 0 Å². The van der Waals surface area contributed by atoms with Gasteiger partial charge in [0.15, 0.2) is 0 Å². The average molecular weight is 276 g/mol. The first-order valence-corrected chi connectivity index (χ1v) is 6.80. The van der Waals surface area contributed by atoms with Gasteiger partial charge in [-0.3, -0.25) is 4.98 Å². The maximum Gasteiger partial charge on any atom is 0.318 e. The predicted molar refractivity (Wildman–Crippen MR) is 78.7 cm³/mol. The molecule has 1 unspecified atom stereocenters. The van der Waals surface area contributed by atoms with Crippen LogP contribution in [0, 0.1) is 0 Å². The highest BCUT2D eigenvalue weighted by molar-refractivity contribution is 7.09. The Balaban J connectivity index is 1.97. The first-order valence-electron chi connectivity index (χ1n) is 5.93. The van der Waals surface area contributed by atoms with E-state index in [2.05, 4.69) is 27.9 Å². The Labute approximate surface area is 116 Å². The molecule has 0 aliphatic heterocycles. The third-order valence-corrected chi connectivity index (χ3v) is 3.59. The number of carbonyl (C=O) groups excluding carboxylic acids is 1. The summed E-state index contributed by atoms with van der Waals surface area (Å²) < 4.78 is 0. The number of anilines is 2. The number of carbonyl (C=O) groups is 1. The molecule has 0 spiro atoms. The third kappa shape index (κ3) is 3.69. The van der Waals surface area contributed by atoms with Gasteiger partial charge in [-0.15, -0.1) is 11.3 Å². The summed E-state index contributed by atoms with van der Waals surface area (Å²) in [6.45, 7) is 2.09. The van der Waals surface area contributed by atoms with Gasteiger partial charge in [-0.05, 0) is 31.2 Å². The van der Waals surface area contributed by atoms with Gasteiger partial charge in [-0.1, -0.05) is 0 Å². The number of amides is 2. The number of nitrogens with one attached hydrogen (secondary N) is 3. The van der Waals surface area contributed by atoms with Crippen molar-refractivity contribution in [3.63, 3.8) is 0 Å². The molecule has 0 aliphatic rings. The number of hydrogen-bond acceptors (Lipinski definition) is 4. The first-order chi connectivity index (χ1) is 9.19. The molecule has 0 bridgehead atoms. The van der Waals surface area contributed by atoms with Crippen LogP contribution in [0.2, 0.25) is 0 Å². The van der Waals surface area contributed by atoms with Crippen molar-refractivity contribution in [1.82, 2.24) is 10.3 Å². The maximum atomic E-state index is 11.2. The summed E-state index contributed by atoms with van der Waals surface area (Å²) in [6, 6.07) is 7.57. The lowest BCUT2D eigenvalue weighted by molar-refractivity contribution is 0.254. The Morgan fingerprint density at radius 1 is 1.26 bits per heavy atom. The molecule has 19 heavy (non-hydrogen) atoms. The summed E-state index contributed by atoms with van der Waals surface area (Å²) in [6.07, 6.45) is 1.86. The molecule has 0 saturated heterocycles. The molecule has 1 aromatic heterocycles. The van der Waals surface area contributed by atoms with Crippen LogP contribution in [-0.2, 0) is 0 Å². The average Bonchev–Trinajstić information content (AvgIpc) is 2.95. The van der Waals surface area contributed by atoms with E-state index in [1.807, 2.05) is 36.0 Å². The smallest absolute Gasteiger partial charge is 0.318 e. The van der Waals surface area contributed by atoms with Gasteiger partial charge in [-0.25, -0.2) is 4.79 Å². The highest BCUT2D eigenvalue weighted by Gasteiger charge is 2.06. The molecule has 0 radical (unpaired) electrons. The van der Waals surface area contributed by atoms with Gasteiger partial charge < -0.3 is 16.0 Å². The number of thiazole rings is 1. The Bertz CT molecular complexity index is 524. The van der Waals surface area contributed by atoms with E-state index >= 15 is 0 Å². The van der Waals surface area contributed by atoms with E-state index in [1.165, 1.54) is 4.88 Å². The first kappa shape index (κ1) is 13.4. The summed E-state index contributed by atoms with van der Waals surface area (Å²) in [4.78, 5) is 16.4. The van der Waals surface area contributed by atoms with Gasteiger partial charge >= 0.3 is 6.03 Å². The van der Waals surface area contributed by atoms with E-state index in [1.54, 1.807) is 18.4 Å². The lowest BCUT2D eigenvalue weighted by Gasteiger charge is -2.13. The second-order valence-electron chi connectivity index (χ2n) is 4.05. The molecule has 1 atom stereocenters. The van der Waals surface area contributed by atoms with E-state index < -0.39 is 0 Å². The molecule has 2 rings (SSSR count). The van der Waals surface area contributed by atoms with Crippen molar-refractivity contribution >= 4 is 28.7 Å². The van der Waals surface area contributed by atoms with Gasteiger partial charge in [0.25, 0.3) is 0 Å². The van der Waals surface area contributed by atoms with Crippen molar-refractivity contribution in [3.8, 4) is 0 Å². The fourth-order valence-electron chi connectivity index (χ4n) is 1.60. The Kier molecular flexibility index (Phi) is 4.35. The van der Waals surface area contributed by atoms with Gasteiger partial charge in [0.1, 0.15) is 0 Å². The van der Waals surface area contributed by atoms with Crippen LogP contribution in [0.1, 0.15) is 17.8 Å². The molecule has 2 aromatic rings. The SMILES string of the molecule is CNC(=O)Nc1ccc(NC(C)c2cncs2)cc1. The van der Waals surface area contributed by atoms with Gasteiger partial charge in [-0.2, -0.15) is 0 Å². The van der Waals surface area contributed by atoms with Crippen LogP contribution in [0.3, 0.4) is 0 Å². The molecular weight excluding hydrogens is 260 g/mol. The molecule has 100 valence electrons. The Morgan fingerprint density at radius 2 is 1.95 bits per heavy atom. The zero-order valence-corrected chi connectivity index (χ0v) is 11.6. The fourth-order valence-corrected chi connectivity index (χ4v) is 2.23. The maximum absolute atomic E-state index is 11.2. The molecular formula is C13H16N4OS. The fraction of sp³-hybridized carbons (Fsp3) is 0.231. The van der Waals surface area contributed by atoms with Crippen molar-refractivity contribution in [2.24, 2.45) is 0 Å². The summed E-state index contributed by atoms with van der Waals surface area (Å²) in [7, 11) is 1.59. The quantitative estimate of drug-likeness (QED) is 0.804. The van der Waals surface area contributed by atoms with E-state index in [-0.39, 0.29) is 12.1 Å². The van der Waals surface area contributed by atoms with Crippen molar-refractivity contribution in [1.29, 1.82) is 0 Å². The van der Waals surface area contributed by atoms with Gasteiger partial charge in [0.05, 0.1) is 11.6 Å². The Hall–Kier alpha value is -2.08. The summed E-state index contributed by atoms with van der Waals surface area (Å²) >= 11 is 1.63. The van der Waals surface area contributed by atoms with E-state index in [9.17, 15) is 4.79 Å². The minimum Gasteiger partial charge on any atom is -0.378 e. The van der Waals surface area contributed by atoms with Gasteiger partial charge in [0, 0.05) is 29.5 Å². The normalized spacial score (nSPS) is 11.7. The summed E-state index contributed by atoms with van der Waals surface area (Å²) in [5, 5.41) is 8.60. The van der Waals surface area contributed by atoms with Crippen LogP contribution >= 0.6 is 11.3 Å². The van der Waals surface area contributed by atoms with Crippen LogP contribution in [0.4, 0.5) is 16.2 Å². The molecule has 5 nitrogen and oxygen atoms in total. The van der Waals surface area contributed by atoms with Gasteiger partial charge in [0.2, 0.25) is 0 Å². The van der Waals surface area contributed by atoms with Crippen LogP contribution in [0.5, 0.6) is 0 Å². The van der Waals surface area contributed by atoms with Crippen molar-refractivity contribution < 1.29 is 4.79 Å². The molecule has 2 amide bonds. The number of nitrogens with zero attached hydrogens (tertiary/aromatic N) is 1. The highest BCUT2D eigenvalue weighted by atomic mass is 32.1. The molecule has 3 N–H and O–H groups in total. The van der Waals surface area contributed by atoms with Crippen LogP contribution < -0.4 is 16.0 Å². The second kappa shape index (κ2) is 6.19. The largest absolute Gasteiger partial charge is 0.378 e. The minimum atomic E-state index is -0.223. The zero-order chi connectivity index (χ0) is 13.7. The molecule has 0 saturated carbocycles. The van der Waals surface area contributed by atoms with Crippen molar-refractivity contribution in [3.05, 3.63) is 40.8 Å². The monoisotopic (exact) mass is 276 g/mol. The minimum absolute atomic E-state index is 0.213. The van der Waals surface area contributed by atoms with Crippen LogP contribution in [-0.4, -0.2) is 18.1 Å². The number of rotatable bonds is 4. The lowest BCUT2D eigenvalue weighted by Crippen LogP contribution is -2.24. The van der Waals surface area contributed by atoms with E-state index in [0.717, 1.165) is 11.4 Å². The highest BCUT2D eigenvalue weighted by Crippen LogP contribution is 2.22. The molecule has 1 aromatic carbocycles. The zero-order valence-electron chi connectivity index (χ0n) is 10.8. The van der Waals surface area contributed by atoms with Crippen molar-refractivity contribution in [2.75, 3.05) is 17.7 Å². The lowest BCUT2D eigenvalue weighted by atomic mass is 10.2. The van der Waals surface area contributed by atoms with Crippen molar-refractivity contribution in [2.45, 2.75) is 13.0 Å².